The third kappa shape index (κ3) is 2.44. The number of likely N-dealkylation sites (tertiary alicyclic amines) is 1. The quantitative estimate of drug-likeness (QED) is 0.874. The van der Waals surface area contributed by atoms with E-state index in [2.05, 4.69) is 23.3 Å². The molecule has 1 aromatic carbocycles. The SMILES string of the molecule is CN1CCC(CNCc2cccc3c2OCO3)C1. The van der Waals surface area contributed by atoms with Crippen LogP contribution in [0.4, 0.5) is 0 Å². The molecule has 0 aliphatic carbocycles. The maximum atomic E-state index is 5.50. The zero-order valence-electron chi connectivity index (χ0n) is 10.8. The van der Waals surface area contributed by atoms with Gasteiger partial charge in [0.05, 0.1) is 0 Å². The number of hydrogen-bond donors (Lipinski definition) is 1. The van der Waals surface area contributed by atoms with Crippen LogP contribution in [0.25, 0.3) is 0 Å². The van der Waals surface area contributed by atoms with Crippen LogP contribution in [0.3, 0.4) is 0 Å². The zero-order chi connectivity index (χ0) is 12.4. The molecule has 0 bridgehead atoms. The monoisotopic (exact) mass is 248 g/mol. The van der Waals surface area contributed by atoms with E-state index in [1.54, 1.807) is 0 Å². The molecule has 0 aromatic heterocycles. The predicted octanol–water partition coefficient (Wildman–Crippen LogP) is 1.46. The number of para-hydroxylation sites is 1. The highest BCUT2D eigenvalue weighted by atomic mass is 16.7. The minimum Gasteiger partial charge on any atom is -0.454 e. The molecule has 2 heterocycles. The van der Waals surface area contributed by atoms with Crippen LogP contribution in [0.1, 0.15) is 12.0 Å². The number of nitrogens with one attached hydrogen (secondary N) is 1. The molecule has 2 aliphatic heterocycles. The number of ether oxygens (including phenoxy) is 2. The Bertz CT molecular complexity index is 422. The molecule has 4 nitrogen and oxygen atoms in total. The molecular weight excluding hydrogens is 228 g/mol. The van der Waals surface area contributed by atoms with Crippen molar-refractivity contribution in [1.82, 2.24) is 10.2 Å². The summed E-state index contributed by atoms with van der Waals surface area (Å²) in [5, 5.41) is 3.53. The molecule has 1 saturated heterocycles. The molecule has 1 aromatic rings. The average molecular weight is 248 g/mol. The minimum atomic E-state index is 0.347. The van der Waals surface area contributed by atoms with Gasteiger partial charge < -0.3 is 19.7 Å². The molecule has 18 heavy (non-hydrogen) atoms. The van der Waals surface area contributed by atoms with Crippen LogP contribution in [0, 0.1) is 5.92 Å². The number of rotatable bonds is 4. The van der Waals surface area contributed by atoms with Gasteiger partial charge in [0, 0.05) is 18.7 Å². The Morgan fingerprint density at radius 2 is 2.33 bits per heavy atom. The summed E-state index contributed by atoms with van der Waals surface area (Å²) in [7, 11) is 2.19. The Labute approximate surface area is 108 Å². The van der Waals surface area contributed by atoms with Crippen molar-refractivity contribution in [3.05, 3.63) is 23.8 Å². The van der Waals surface area contributed by atoms with Gasteiger partial charge in [0.15, 0.2) is 11.5 Å². The lowest BCUT2D eigenvalue weighted by Crippen LogP contribution is -2.24. The summed E-state index contributed by atoms with van der Waals surface area (Å²) in [6.45, 7) is 4.71. The van der Waals surface area contributed by atoms with E-state index in [1.807, 2.05) is 12.1 Å². The van der Waals surface area contributed by atoms with E-state index in [0.29, 0.717) is 6.79 Å². The van der Waals surface area contributed by atoms with Crippen LogP contribution in [0.5, 0.6) is 11.5 Å². The fourth-order valence-corrected chi connectivity index (χ4v) is 2.73. The smallest absolute Gasteiger partial charge is 0.231 e. The summed E-state index contributed by atoms with van der Waals surface area (Å²) >= 11 is 0. The maximum Gasteiger partial charge on any atom is 0.231 e. The summed E-state index contributed by atoms with van der Waals surface area (Å²) in [6, 6.07) is 6.08. The Kier molecular flexibility index (Phi) is 3.39. The standard InChI is InChI=1S/C14H20N2O2/c1-16-6-5-11(9-16)7-15-8-12-3-2-4-13-14(12)18-10-17-13/h2-4,11,15H,5-10H2,1H3. The van der Waals surface area contributed by atoms with Crippen LogP contribution >= 0.6 is 0 Å². The molecule has 1 atom stereocenters. The first-order chi connectivity index (χ1) is 8.83. The van der Waals surface area contributed by atoms with Gasteiger partial charge in [0.2, 0.25) is 6.79 Å². The molecular formula is C14H20N2O2. The lowest BCUT2D eigenvalue weighted by atomic mass is 10.1. The summed E-state index contributed by atoms with van der Waals surface area (Å²) in [5.74, 6) is 2.56. The summed E-state index contributed by atoms with van der Waals surface area (Å²) in [6.07, 6.45) is 1.30. The summed E-state index contributed by atoms with van der Waals surface area (Å²) < 4.78 is 10.9. The first-order valence-electron chi connectivity index (χ1n) is 6.59. The average Bonchev–Trinajstić information content (AvgIpc) is 2.98. The van der Waals surface area contributed by atoms with Crippen molar-refractivity contribution in [2.75, 3.05) is 33.5 Å². The molecule has 3 rings (SSSR count). The van der Waals surface area contributed by atoms with Gasteiger partial charge in [-0.25, -0.2) is 0 Å². The Morgan fingerprint density at radius 1 is 1.39 bits per heavy atom. The first-order valence-corrected chi connectivity index (χ1v) is 6.59. The van der Waals surface area contributed by atoms with Crippen molar-refractivity contribution in [3.63, 3.8) is 0 Å². The maximum absolute atomic E-state index is 5.50. The fourth-order valence-electron chi connectivity index (χ4n) is 2.73. The number of benzene rings is 1. The van der Waals surface area contributed by atoms with Gasteiger partial charge >= 0.3 is 0 Å². The zero-order valence-corrected chi connectivity index (χ0v) is 10.8. The lowest BCUT2D eigenvalue weighted by molar-refractivity contribution is 0.173. The van der Waals surface area contributed by atoms with Crippen LogP contribution in [-0.2, 0) is 6.54 Å². The van der Waals surface area contributed by atoms with Crippen molar-refractivity contribution < 1.29 is 9.47 Å². The molecule has 2 aliphatic rings. The van der Waals surface area contributed by atoms with Gasteiger partial charge in [-0.15, -0.1) is 0 Å². The normalized spacial score (nSPS) is 22.6. The second kappa shape index (κ2) is 5.16. The molecule has 0 amide bonds. The summed E-state index contributed by atoms with van der Waals surface area (Å²) in [4.78, 5) is 2.39. The van der Waals surface area contributed by atoms with Crippen LogP contribution < -0.4 is 14.8 Å². The third-order valence-electron chi connectivity index (χ3n) is 3.72. The van der Waals surface area contributed by atoms with E-state index in [1.165, 1.54) is 25.1 Å². The minimum absolute atomic E-state index is 0.347. The van der Waals surface area contributed by atoms with Crippen molar-refractivity contribution in [3.8, 4) is 11.5 Å². The van der Waals surface area contributed by atoms with E-state index >= 15 is 0 Å². The van der Waals surface area contributed by atoms with E-state index in [4.69, 9.17) is 9.47 Å². The molecule has 1 fully saturated rings. The highest BCUT2D eigenvalue weighted by Crippen LogP contribution is 2.35. The highest BCUT2D eigenvalue weighted by molar-refractivity contribution is 5.48. The molecule has 4 heteroatoms. The van der Waals surface area contributed by atoms with E-state index < -0.39 is 0 Å². The molecule has 98 valence electrons. The number of nitrogens with zero attached hydrogens (tertiary/aromatic N) is 1. The Morgan fingerprint density at radius 3 is 3.17 bits per heavy atom. The van der Waals surface area contributed by atoms with Crippen LogP contribution in [0.15, 0.2) is 18.2 Å². The summed E-state index contributed by atoms with van der Waals surface area (Å²) in [5.41, 5.74) is 1.19. The lowest BCUT2D eigenvalue weighted by Gasteiger charge is -2.12. The van der Waals surface area contributed by atoms with Gasteiger partial charge in [0.1, 0.15) is 0 Å². The van der Waals surface area contributed by atoms with Crippen LogP contribution in [-0.4, -0.2) is 38.4 Å². The van der Waals surface area contributed by atoms with Crippen molar-refractivity contribution >= 4 is 0 Å². The second-order valence-corrected chi connectivity index (χ2v) is 5.20. The predicted molar refractivity (Wildman–Crippen MR) is 69.9 cm³/mol. The fraction of sp³-hybridized carbons (Fsp3) is 0.571. The van der Waals surface area contributed by atoms with Crippen molar-refractivity contribution in [2.45, 2.75) is 13.0 Å². The Hall–Kier alpha value is -1.26. The van der Waals surface area contributed by atoms with Gasteiger partial charge in [-0.3, -0.25) is 0 Å². The third-order valence-corrected chi connectivity index (χ3v) is 3.72. The number of fused-ring (bicyclic) bond motifs is 1. The molecule has 1 N–H and O–H groups in total. The second-order valence-electron chi connectivity index (χ2n) is 5.20. The van der Waals surface area contributed by atoms with Crippen molar-refractivity contribution in [1.29, 1.82) is 0 Å². The first kappa shape index (κ1) is 11.8. The van der Waals surface area contributed by atoms with E-state index in [0.717, 1.165) is 30.5 Å². The van der Waals surface area contributed by atoms with E-state index in [9.17, 15) is 0 Å². The molecule has 1 unspecified atom stereocenters. The molecule has 0 spiro atoms. The van der Waals surface area contributed by atoms with Crippen LogP contribution in [0.2, 0.25) is 0 Å². The topological polar surface area (TPSA) is 33.7 Å². The molecule has 0 radical (unpaired) electrons. The van der Waals surface area contributed by atoms with Gasteiger partial charge in [0.25, 0.3) is 0 Å². The van der Waals surface area contributed by atoms with Gasteiger partial charge in [-0.2, -0.15) is 0 Å². The van der Waals surface area contributed by atoms with Gasteiger partial charge in [-0.05, 0) is 38.5 Å². The van der Waals surface area contributed by atoms with Crippen molar-refractivity contribution in [2.24, 2.45) is 5.92 Å². The highest BCUT2D eigenvalue weighted by Gasteiger charge is 2.20. The van der Waals surface area contributed by atoms with Gasteiger partial charge in [-0.1, -0.05) is 12.1 Å². The Balaban J connectivity index is 1.53. The van der Waals surface area contributed by atoms with E-state index in [-0.39, 0.29) is 0 Å². The number of hydrogen-bond acceptors (Lipinski definition) is 4. The largest absolute Gasteiger partial charge is 0.454 e. The molecule has 0 saturated carbocycles.